The van der Waals surface area contributed by atoms with Crippen LogP contribution in [0.5, 0.6) is 0 Å². The molecule has 1 amide bonds. The second-order valence-corrected chi connectivity index (χ2v) is 5.13. The molecule has 0 aromatic heterocycles. The molecule has 0 spiro atoms. The van der Waals surface area contributed by atoms with Crippen molar-refractivity contribution in [2.45, 2.75) is 32.7 Å². The van der Waals surface area contributed by atoms with E-state index in [-0.39, 0.29) is 11.9 Å². The Morgan fingerprint density at radius 1 is 1.38 bits per heavy atom. The van der Waals surface area contributed by atoms with E-state index >= 15 is 0 Å². The average molecular weight is 287 g/mol. The van der Waals surface area contributed by atoms with Gasteiger partial charge in [-0.25, -0.2) is 4.79 Å². The van der Waals surface area contributed by atoms with Gasteiger partial charge in [0.05, 0.1) is 6.61 Å². The van der Waals surface area contributed by atoms with E-state index in [9.17, 15) is 9.59 Å². The van der Waals surface area contributed by atoms with Crippen molar-refractivity contribution in [1.29, 1.82) is 0 Å². The number of hydrogen-bond donors (Lipinski definition) is 0. The predicted octanol–water partition coefficient (Wildman–Crippen LogP) is 2.56. The summed E-state index contributed by atoms with van der Waals surface area (Å²) in [7, 11) is 0. The Kier molecular flexibility index (Phi) is 5.14. The largest absolute Gasteiger partial charge is 0.464 e. The van der Waals surface area contributed by atoms with Gasteiger partial charge in [0.1, 0.15) is 6.04 Å². The fourth-order valence-corrected chi connectivity index (χ4v) is 2.54. The normalized spacial score (nSPS) is 18.2. The molecule has 0 bridgehead atoms. The van der Waals surface area contributed by atoms with E-state index in [2.05, 4.69) is 0 Å². The van der Waals surface area contributed by atoms with Crippen molar-refractivity contribution in [3.05, 3.63) is 41.5 Å². The highest BCUT2D eigenvalue weighted by Crippen LogP contribution is 2.19. The molecule has 4 nitrogen and oxygen atoms in total. The number of hydrogen-bond acceptors (Lipinski definition) is 3. The number of amides is 1. The lowest BCUT2D eigenvalue weighted by atomic mass is 10.1. The predicted molar refractivity (Wildman–Crippen MR) is 81.6 cm³/mol. The molecule has 0 N–H and O–H groups in total. The van der Waals surface area contributed by atoms with Crippen molar-refractivity contribution in [3.8, 4) is 0 Å². The van der Waals surface area contributed by atoms with Crippen LogP contribution in [0.2, 0.25) is 0 Å². The maximum absolute atomic E-state index is 12.3. The number of benzene rings is 1. The molecule has 1 heterocycles. The Labute approximate surface area is 125 Å². The van der Waals surface area contributed by atoms with Gasteiger partial charge in [0.2, 0.25) is 5.91 Å². The van der Waals surface area contributed by atoms with Crippen LogP contribution in [0.15, 0.2) is 30.3 Å². The van der Waals surface area contributed by atoms with E-state index in [0.717, 1.165) is 17.5 Å². The molecule has 1 aromatic rings. The first-order chi connectivity index (χ1) is 10.1. The Morgan fingerprint density at radius 2 is 2.14 bits per heavy atom. The van der Waals surface area contributed by atoms with Gasteiger partial charge in [-0.15, -0.1) is 0 Å². The molecule has 1 aromatic carbocycles. The zero-order chi connectivity index (χ0) is 15.2. The third kappa shape index (κ3) is 3.72. The van der Waals surface area contributed by atoms with Crippen LogP contribution in [0.1, 0.15) is 30.9 Å². The molecule has 1 aliphatic rings. The summed E-state index contributed by atoms with van der Waals surface area (Å²) >= 11 is 0. The molecule has 21 heavy (non-hydrogen) atoms. The Morgan fingerprint density at radius 3 is 2.86 bits per heavy atom. The molecule has 2 rings (SSSR count). The number of carbonyl (C=O) groups excluding carboxylic acids is 2. The van der Waals surface area contributed by atoms with Crippen LogP contribution in [0.25, 0.3) is 6.08 Å². The first kappa shape index (κ1) is 15.3. The number of aryl methyl sites for hydroxylation is 1. The molecular weight excluding hydrogens is 266 g/mol. The first-order valence-corrected chi connectivity index (χ1v) is 7.34. The van der Waals surface area contributed by atoms with Gasteiger partial charge in [-0.05, 0) is 43.9 Å². The van der Waals surface area contributed by atoms with E-state index in [1.807, 2.05) is 31.2 Å². The SMILES string of the molecule is CCOC(=O)C1CCCN1C(=O)C=Cc1ccccc1C. The van der Waals surface area contributed by atoms with E-state index in [4.69, 9.17) is 4.74 Å². The molecule has 112 valence electrons. The van der Waals surface area contributed by atoms with Crippen LogP contribution in [-0.4, -0.2) is 36.0 Å². The van der Waals surface area contributed by atoms with Gasteiger partial charge in [0, 0.05) is 12.6 Å². The Hall–Kier alpha value is -2.10. The summed E-state index contributed by atoms with van der Waals surface area (Å²) in [4.78, 5) is 25.7. The second-order valence-electron chi connectivity index (χ2n) is 5.13. The maximum Gasteiger partial charge on any atom is 0.328 e. The highest BCUT2D eigenvalue weighted by Gasteiger charge is 2.33. The van der Waals surface area contributed by atoms with E-state index in [1.165, 1.54) is 0 Å². The lowest BCUT2D eigenvalue weighted by Crippen LogP contribution is -2.40. The molecular formula is C17H21NO3. The standard InChI is InChI=1S/C17H21NO3/c1-3-21-17(20)15-9-6-12-18(15)16(19)11-10-14-8-5-4-7-13(14)2/h4-5,7-8,10-11,15H,3,6,9,12H2,1-2H3. The molecule has 0 saturated carbocycles. The summed E-state index contributed by atoms with van der Waals surface area (Å²) in [5.41, 5.74) is 2.13. The van der Waals surface area contributed by atoms with Crippen LogP contribution in [0, 0.1) is 6.92 Å². The number of esters is 1. The smallest absolute Gasteiger partial charge is 0.328 e. The molecule has 1 saturated heterocycles. The van der Waals surface area contributed by atoms with Crippen LogP contribution in [0.3, 0.4) is 0 Å². The summed E-state index contributed by atoms with van der Waals surface area (Å²) in [6.07, 6.45) is 4.87. The van der Waals surface area contributed by atoms with Gasteiger partial charge < -0.3 is 9.64 Å². The number of ether oxygens (including phenoxy) is 1. The number of carbonyl (C=O) groups is 2. The van der Waals surface area contributed by atoms with Gasteiger partial charge in [0.25, 0.3) is 0 Å². The fourth-order valence-electron chi connectivity index (χ4n) is 2.54. The molecule has 0 aliphatic carbocycles. The fraction of sp³-hybridized carbons (Fsp3) is 0.412. The molecule has 1 fully saturated rings. The highest BCUT2D eigenvalue weighted by molar-refractivity contribution is 5.95. The summed E-state index contributed by atoms with van der Waals surface area (Å²) in [5, 5.41) is 0. The number of rotatable bonds is 4. The van der Waals surface area contributed by atoms with Crippen molar-refractivity contribution in [2.24, 2.45) is 0 Å². The summed E-state index contributed by atoms with van der Waals surface area (Å²) < 4.78 is 5.03. The van der Waals surface area contributed by atoms with E-state index in [1.54, 1.807) is 24.0 Å². The number of nitrogens with zero attached hydrogens (tertiary/aromatic N) is 1. The molecule has 1 atom stereocenters. The van der Waals surface area contributed by atoms with E-state index in [0.29, 0.717) is 19.6 Å². The highest BCUT2D eigenvalue weighted by atomic mass is 16.5. The van der Waals surface area contributed by atoms with Gasteiger partial charge in [-0.1, -0.05) is 24.3 Å². The van der Waals surface area contributed by atoms with E-state index < -0.39 is 6.04 Å². The van der Waals surface area contributed by atoms with Crippen molar-refractivity contribution < 1.29 is 14.3 Å². The third-order valence-electron chi connectivity index (χ3n) is 3.69. The molecule has 0 radical (unpaired) electrons. The molecule has 1 aliphatic heterocycles. The van der Waals surface area contributed by atoms with Crippen molar-refractivity contribution in [1.82, 2.24) is 4.90 Å². The lowest BCUT2D eigenvalue weighted by Gasteiger charge is -2.21. The second kappa shape index (κ2) is 7.07. The topological polar surface area (TPSA) is 46.6 Å². The lowest BCUT2D eigenvalue weighted by molar-refractivity contribution is -0.151. The van der Waals surface area contributed by atoms with Crippen LogP contribution in [-0.2, 0) is 14.3 Å². The maximum atomic E-state index is 12.3. The monoisotopic (exact) mass is 287 g/mol. The third-order valence-corrected chi connectivity index (χ3v) is 3.69. The van der Waals surface area contributed by atoms with Crippen LogP contribution < -0.4 is 0 Å². The van der Waals surface area contributed by atoms with Crippen LogP contribution >= 0.6 is 0 Å². The molecule has 4 heteroatoms. The zero-order valence-electron chi connectivity index (χ0n) is 12.5. The Balaban J connectivity index is 2.05. The van der Waals surface area contributed by atoms with Crippen LogP contribution in [0.4, 0.5) is 0 Å². The van der Waals surface area contributed by atoms with Crippen molar-refractivity contribution in [3.63, 3.8) is 0 Å². The van der Waals surface area contributed by atoms with Crippen molar-refractivity contribution >= 4 is 18.0 Å². The minimum Gasteiger partial charge on any atom is -0.464 e. The van der Waals surface area contributed by atoms with Crippen molar-refractivity contribution in [2.75, 3.05) is 13.2 Å². The van der Waals surface area contributed by atoms with Gasteiger partial charge in [-0.2, -0.15) is 0 Å². The average Bonchev–Trinajstić information content (AvgIpc) is 2.96. The van der Waals surface area contributed by atoms with Gasteiger partial charge in [-0.3, -0.25) is 4.79 Å². The molecule has 1 unspecified atom stereocenters. The first-order valence-electron chi connectivity index (χ1n) is 7.34. The minimum absolute atomic E-state index is 0.131. The minimum atomic E-state index is -0.432. The number of likely N-dealkylation sites (tertiary alicyclic amines) is 1. The summed E-state index contributed by atoms with van der Waals surface area (Å²) in [5.74, 6) is -0.429. The quantitative estimate of drug-likeness (QED) is 0.631. The van der Waals surface area contributed by atoms with Gasteiger partial charge >= 0.3 is 5.97 Å². The Bertz CT molecular complexity index is 551. The zero-order valence-corrected chi connectivity index (χ0v) is 12.5. The summed E-state index contributed by atoms with van der Waals surface area (Å²) in [6.45, 7) is 4.73. The summed E-state index contributed by atoms with van der Waals surface area (Å²) in [6, 6.07) is 7.44. The van der Waals surface area contributed by atoms with Gasteiger partial charge in [0.15, 0.2) is 0 Å².